The topological polar surface area (TPSA) is 71.2 Å². The third-order valence-electron chi connectivity index (χ3n) is 2.23. The van der Waals surface area contributed by atoms with Crippen LogP contribution in [0.5, 0.6) is 0 Å². The summed E-state index contributed by atoms with van der Waals surface area (Å²) in [7, 11) is 0. The molecule has 0 aliphatic heterocycles. The van der Waals surface area contributed by atoms with Crippen LogP contribution in [-0.4, -0.2) is 17.5 Å². The number of aromatic amines is 1. The lowest BCUT2D eigenvalue weighted by Gasteiger charge is -2.05. The van der Waals surface area contributed by atoms with E-state index in [1.165, 1.54) is 6.07 Å². The number of H-pyrrole nitrogens is 1. The van der Waals surface area contributed by atoms with Crippen LogP contribution in [0.3, 0.4) is 0 Å². The van der Waals surface area contributed by atoms with Crippen molar-refractivity contribution in [3.63, 3.8) is 0 Å². The van der Waals surface area contributed by atoms with Gasteiger partial charge in [-0.3, -0.25) is 14.4 Å². The van der Waals surface area contributed by atoms with Gasteiger partial charge in [0.05, 0.1) is 0 Å². The first-order valence-electron chi connectivity index (χ1n) is 5.08. The van der Waals surface area contributed by atoms with Crippen LogP contribution in [0.15, 0.2) is 10.9 Å². The number of nitrogens with one attached hydrogen (secondary N) is 2. The Kier molecular flexibility index (Phi) is 4.49. The predicted molar refractivity (Wildman–Crippen MR) is 63.4 cm³/mol. The number of hydrogen-bond donors (Lipinski definition) is 2. The van der Waals surface area contributed by atoms with Gasteiger partial charge in [0.1, 0.15) is 12.2 Å². The van der Waals surface area contributed by atoms with Gasteiger partial charge in [-0.15, -0.1) is 5.92 Å². The number of carbonyl (C=O) groups is 1. The first kappa shape index (κ1) is 13.0. The number of amides is 1. The molecule has 90 valence electrons. The number of rotatable bonds is 3. The number of hydrogen-bond acceptors (Lipinski definition) is 3. The van der Waals surface area contributed by atoms with Gasteiger partial charge in [-0.2, -0.15) is 0 Å². The molecule has 5 nitrogen and oxygen atoms in total. The van der Waals surface area contributed by atoms with E-state index in [0.29, 0.717) is 0 Å². The summed E-state index contributed by atoms with van der Waals surface area (Å²) in [5.74, 6) is 4.66. The molecule has 0 aliphatic rings. The zero-order chi connectivity index (χ0) is 12.8. The maximum absolute atomic E-state index is 11.6. The Morgan fingerprint density at radius 2 is 2.24 bits per heavy atom. The second kappa shape index (κ2) is 5.87. The standard InChI is InChI=1S/C12H14N2O3/c1-4-5-6-17-14-12(16)10-7-8(2)9(3)13-11(10)15/h7H,6H2,1-3H3,(H,13,15)(H,14,16). The van der Waals surface area contributed by atoms with Gasteiger partial charge in [-0.05, 0) is 32.4 Å². The van der Waals surface area contributed by atoms with Gasteiger partial charge in [-0.1, -0.05) is 5.92 Å². The van der Waals surface area contributed by atoms with E-state index >= 15 is 0 Å². The minimum absolute atomic E-state index is 0.0255. The van der Waals surface area contributed by atoms with Crippen LogP contribution >= 0.6 is 0 Å². The summed E-state index contributed by atoms with van der Waals surface area (Å²) < 4.78 is 0. The fourth-order valence-corrected chi connectivity index (χ4v) is 1.16. The summed E-state index contributed by atoms with van der Waals surface area (Å²) in [4.78, 5) is 30.5. The van der Waals surface area contributed by atoms with E-state index in [-0.39, 0.29) is 12.2 Å². The van der Waals surface area contributed by atoms with Gasteiger partial charge in [0.15, 0.2) is 0 Å². The highest BCUT2D eigenvalue weighted by Crippen LogP contribution is 2.02. The van der Waals surface area contributed by atoms with Gasteiger partial charge in [0, 0.05) is 5.69 Å². The molecule has 0 atom stereocenters. The molecule has 0 radical (unpaired) electrons. The Bertz CT molecular complexity index is 535. The van der Waals surface area contributed by atoms with Crippen molar-refractivity contribution in [3.8, 4) is 11.8 Å². The first-order valence-corrected chi connectivity index (χ1v) is 5.08. The molecule has 5 heteroatoms. The summed E-state index contributed by atoms with van der Waals surface area (Å²) in [6.45, 7) is 5.33. The highest BCUT2D eigenvalue weighted by Gasteiger charge is 2.11. The molecule has 1 amide bonds. The summed E-state index contributed by atoms with van der Waals surface area (Å²) in [5, 5.41) is 0. The summed E-state index contributed by atoms with van der Waals surface area (Å²) in [6.07, 6.45) is 0. The Morgan fingerprint density at radius 3 is 2.88 bits per heavy atom. The normalized spacial score (nSPS) is 9.35. The highest BCUT2D eigenvalue weighted by molar-refractivity contribution is 5.93. The van der Waals surface area contributed by atoms with Crippen LogP contribution in [-0.2, 0) is 4.84 Å². The van der Waals surface area contributed by atoms with E-state index in [1.54, 1.807) is 13.8 Å². The average molecular weight is 234 g/mol. The minimum Gasteiger partial charge on any atom is -0.326 e. The largest absolute Gasteiger partial charge is 0.326 e. The zero-order valence-electron chi connectivity index (χ0n) is 10.0. The van der Waals surface area contributed by atoms with Crippen LogP contribution in [0.4, 0.5) is 0 Å². The summed E-state index contributed by atoms with van der Waals surface area (Å²) in [5.41, 5.74) is 3.33. The molecule has 0 saturated carbocycles. The Balaban J connectivity index is 2.78. The van der Waals surface area contributed by atoms with Crippen molar-refractivity contribution in [1.82, 2.24) is 10.5 Å². The molecule has 1 aromatic rings. The van der Waals surface area contributed by atoms with Gasteiger partial charge < -0.3 is 4.98 Å². The molecule has 1 aromatic heterocycles. The third kappa shape index (κ3) is 3.47. The molecule has 0 fully saturated rings. The number of pyridine rings is 1. The number of aryl methyl sites for hydroxylation is 2. The van der Waals surface area contributed by atoms with Crippen LogP contribution in [0.1, 0.15) is 28.5 Å². The second-order valence-corrected chi connectivity index (χ2v) is 3.47. The van der Waals surface area contributed by atoms with Crippen LogP contribution in [0.2, 0.25) is 0 Å². The average Bonchev–Trinajstić information content (AvgIpc) is 2.29. The molecule has 0 unspecified atom stereocenters. The van der Waals surface area contributed by atoms with Crippen LogP contribution < -0.4 is 11.0 Å². The van der Waals surface area contributed by atoms with E-state index in [4.69, 9.17) is 4.84 Å². The van der Waals surface area contributed by atoms with Crippen molar-refractivity contribution in [1.29, 1.82) is 0 Å². The minimum atomic E-state index is -0.577. The lowest BCUT2D eigenvalue weighted by atomic mass is 10.1. The van der Waals surface area contributed by atoms with Crippen LogP contribution in [0, 0.1) is 25.7 Å². The van der Waals surface area contributed by atoms with Crippen molar-refractivity contribution in [2.75, 3.05) is 6.61 Å². The van der Waals surface area contributed by atoms with Gasteiger partial charge in [0.25, 0.3) is 11.5 Å². The van der Waals surface area contributed by atoms with Crippen molar-refractivity contribution < 1.29 is 9.63 Å². The monoisotopic (exact) mass is 234 g/mol. The predicted octanol–water partition coefficient (Wildman–Crippen LogP) is 0.676. The molecule has 1 rings (SSSR count). The molecule has 0 spiro atoms. The smallest absolute Gasteiger partial charge is 0.280 e. The summed E-state index contributed by atoms with van der Waals surface area (Å²) >= 11 is 0. The number of aromatic nitrogens is 1. The quantitative estimate of drug-likeness (QED) is 0.459. The molecule has 0 aromatic carbocycles. The number of carbonyl (C=O) groups excluding carboxylic acids is 1. The van der Waals surface area contributed by atoms with Crippen molar-refractivity contribution in [2.24, 2.45) is 0 Å². The van der Waals surface area contributed by atoms with Crippen molar-refractivity contribution >= 4 is 5.91 Å². The van der Waals surface area contributed by atoms with E-state index in [0.717, 1.165) is 11.3 Å². The Hall–Kier alpha value is -2.06. The van der Waals surface area contributed by atoms with E-state index in [2.05, 4.69) is 22.3 Å². The molecule has 17 heavy (non-hydrogen) atoms. The fraction of sp³-hybridized carbons (Fsp3) is 0.333. The van der Waals surface area contributed by atoms with E-state index in [9.17, 15) is 9.59 Å². The maximum Gasteiger partial charge on any atom is 0.280 e. The molecule has 1 heterocycles. The van der Waals surface area contributed by atoms with E-state index < -0.39 is 11.5 Å². The lowest BCUT2D eigenvalue weighted by Crippen LogP contribution is -2.30. The Labute approximate surface area is 99.1 Å². The lowest BCUT2D eigenvalue weighted by molar-refractivity contribution is 0.0436. The molecular formula is C12H14N2O3. The third-order valence-corrected chi connectivity index (χ3v) is 2.23. The van der Waals surface area contributed by atoms with Crippen molar-refractivity contribution in [2.45, 2.75) is 20.8 Å². The van der Waals surface area contributed by atoms with Gasteiger partial charge in [0.2, 0.25) is 0 Å². The maximum atomic E-state index is 11.6. The molecule has 0 aliphatic carbocycles. The highest BCUT2D eigenvalue weighted by atomic mass is 16.6. The van der Waals surface area contributed by atoms with Crippen LogP contribution in [0.25, 0.3) is 0 Å². The van der Waals surface area contributed by atoms with Crippen molar-refractivity contribution in [3.05, 3.63) is 33.2 Å². The van der Waals surface area contributed by atoms with Gasteiger partial charge >= 0.3 is 0 Å². The molecular weight excluding hydrogens is 220 g/mol. The fourth-order valence-electron chi connectivity index (χ4n) is 1.16. The zero-order valence-corrected chi connectivity index (χ0v) is 10.0. The summed E-state index contributed by atoms with van der Waals surface area (Å²) in [6, 6.07) is 1.53. The Morgan fingerprint density at radius 1 is 1.53 bits per heavy atom. The molecule has 2 N–H and O–H groups in total. The van der Waals surface area contributed by atoms with E-state index in [1.807, 2.05) is 6.92 Å². The molecule has 0 bridgehead atoms. The van der Waals surface area contributed by atoms with Gasteiger partial charge in [-0.25, -0.2) is 5.48 Å². The molecule has 0 saturated heterocycles. The number of hydroxylamine groups is 1. The first-order chi connectivity index (χ1) is 8.06. The second-order valence-electron chi connectivity index (χ2n) is 3.47. The SMILES string of the molecule is CC#CCONC(=O)c1cc(C)c(C)[nH]c1=O.